The van der Waals surface area contributed by atoms with Crippen LogP contribution in [-0.4, -0.2) is 223 Å². The number of ketones is 1. The number of nitrogens with zero attached hydrogens (tertiary/aromatic N) is 10. The highest BCUT2D eigenvalue weighted by Gasteiger charge is 2.31. The molecular weight excluding hydrogens is 1010 g/mol. The van der Waals surface area contributed by atoms with E-state index in [1.54, 1.807) is 0 Å². The van der Waals surface area contributed by atoms with Crippen molar-refractivity contribution in [2.45, 2.75) is 25.7 Å². The number of nitrogens with one attached hydrogen (secondary N) is 2. The van der Waals surface area contributed by atoms with Gasteiger partial charge in [0.25, 0.3) is 17.6 Å². The third kappa shape index (κ3) is 15.1. The van der Waals surface area contributed by atoms with E-state index < -0.39 is 17.6 Å². The van der Waals surface area contributed by atoms with Crippen LogP contribution in [0.2, 0.25) is 0 Å². The van der Waals surface area contributed by atoms with Gasteiger partial charge in [-0.1, -0.05) is 52.9 Å². The number of hydrogen-bond acceptors (Lipinski definition) is 16. The summed E-state index contributed by atoms with van der Waals surface area (Å²) in [5.41, 5.74) is 2.95. The molecule has 4 aromatic rings. The van der Waals surface area contributed by atoms with Gasteiger partial charge < -0.3 is 53.6 Å². The number of fused-ring (bicyclic) bond motifs is 1. The molecular formula is C49H67IN12O8. The number of carbonyl (C=O) groups excluding carboxylic acids is 3. The highest BCUT2D eigenvalue weighted by Crippen LogP contribution is 2.33. The Balaban J connectivity index is 0.764. The molecule has 0 bridgehead atoms. The molecule has 3 fully saturated rings. The molecule has 0 aliphatic carbocycles. The van der Waals surface area contributed by atoms with Crippen molar-refractivity contribution in [3.8, 4) is 17.6 Å². The summed E-state index contributed by atoms with van der Waals surface area (Å²) in [7, 11) is 1.46. The van der Waals surface area contributed by atoms with E-state index in [4.69, 9.17) is 23.7 Å². The number of pyridine rings is 1. The Kier molecular flexibility index (Phi) is 21.3. The van der Waals surface area contributed by atoms with Crippen molar-refractivity contribution in [2.24, 2.45) is 0 Å². The van der Waals surface area contributed by atoms with Gasteiger partial charge in [0.2, 0.25) is 5.82 Å². The number of aromatic nitrogens is 5. The lowest BCUT2D eigenvalue weighted by molar-refractivity contribution is -0.126. The highest BCUT2D eigenvalue weighted by molar-refractivity contribution is 14.1. The number of benzene rings is 1. The molecule has 0 saturated carbocycles. The van der Waals surface area contributed by atoms with E-state index in [2.05, 4.69) is 73.6 Å². The second-order valence-corrected chi connectivity index (χ2v) is 18.0. The lowest BCUT2D eigenvalue weighted by Gasteiger charge is -2.36. The summed E-state index contributed by atoms with van der Waals surface area (Å²) >= 11 is 2.17. The zero-order chi connectivity index (χ0) is 48.9. The third-order valence-electron chi connectivity index (χ3n) is 13.0. The molecule has 2 N–H and O–H groups in total. The molecule has 0 radical (unpaired) electrons. The largest absolute Gasteiger partial charge is 0.494 e. The molecule has 0 atom stereocenters. The Labute approximate surface area is 423 Å². The predicted molar refractivity (Wildman–Crippen MR) is 271 cm³/mol. The average Bonchev–Trinajstić information content (AvgIpc) is 4.08. The number of alkyl halides is 1. The molecule has 7 rings (SSSR count). The number of amides is 2. The van der Waals surface area contributed by atoms with E-state index in [0.717, 1.165) is 103 Å². The minimum Gasteiger partial charge on any atom is -0.494 e. The summed E-state index contributed by atoms with van der Waals surface area (Å²) in [5, 5.41) is 17.6. The standard InChI is InChI=1S/C49H67IN12O8/c1-66-42-35-54-47(44-43(42)41(34-53-44)45(63)49(65)61-15-9-39(10-16-61)40(33-51)38-7-3-2-4-8-38)62-37-55-46(56-62)48(64)52-11-5-12-57-17-19-58(20-18-57)13-6-14-59-21-23-60(24-22-59)25-26-67-27-28-68-29-30-69-31-32-70-36-50/h2-4,7-8,34-35,37,53H,5-6,9-32,36H2,1H3,(H,52,64). The van der Waals surface area contributed by atoms with Crippen LogP contribution >= 0.6 is 22.6 Å². The second kappa shape index (κ2) is 28.2. The normalized spacial score (nSPS) is 16.4. The molecule has 0 unspecified atom stereocenters. The van der Waals surface area contributed by atoms with Gasteiger partial charge in [-0.15, -0.1) is 5.10 Å². The third-order valence-corrected chi connectivity index (χ3v) is 13.4. The highest BCUT2D eigenvalue weighted by atomic mass is 127. The molecule has 1 aromatic carbocycles. The number of likely N-dealkylation sites (tertiary alicyclic amines) is 1. The average molecular weight is 1080 g/mol. The number of halogens is 1. The second-order valence-electron chi connectivity index (χ2n) is 17.4. The summed E-state index contributed by atoms with van der Waals surface area (Å²) < 4.78 is 29.7. The lowest BCUT2D eigenvalue weighted by atomic mass is 9.93. The van der Waals surface area contributed by atoms with Crippen LogP contribution in [0.1, 0.15) is 52.2 Å². The number of aromatic amines is 1. The van der Waals surface area contributed by atoms with Crippen LogP contribution in [0.3, 0.4) is 0 Å². The molecule has 20 nitrogen and oxygen atoms in total. The van der Waals surface area contributed by atoms with Gasteiger partial charge in [0.05, 0.1) is 92.3 Å². The first-order valence-corrected chi connectivity index (χ1v) is 25.9. The quantitative estimate of drug-likeness (QED) is 0.0220. The van der Waals surface area contributed by atoms with Gasteiger partial charge in [-0.25, -0.2) is 9.97 Å². The number of nitriles is 1. The summed E-state index contributed by atoms with van der Waals surface area (Å²) in [6, 6.07) is 11.8. The molecule has 3 aromatic heterocycles. The van der Waals surface area contributed by atoms with Crippen LogP contribution < -0.4 is 10.1 Å². The number of piperidine rings is 1. The molecule has 3 aliphatic heterocycles. The van der Waals surface area contributed by atoms with Crippen molar-refractivity contribution in [1.82, 2.24) is 54.5 Å². The molecule has 3 aliphatic rings. The maximum atomic E-state index is 13.8. The smallest absolute Gasteiger partial charge is 0.295 e. The molecule has 0 spiro atoms. The van der Waals surface area contributed by atoms with Crippen LogP contribution in [0, 0.1) is 11.3 Å². The fourth-order valence-electron chi connectivity index (χ4n) is 9.00. The molecule has 3 saturated heterocycles. The van der Waals surface area contributed by atoms with E-state index in [1.807, 2.05) is 30.3 Å². The van der Waals surface area contributed by atoms with Crippen LogP contribution in [0.4, 0.5) is 0 Å². The summed E-state index contributed by atoms with van der Waals surface area (Å²) in [4.78, 5) is 63.9. The SMILES string of the molecule is COc1cnc(-n2cnc(C(=O)NCCCN3CCN(CCCN4CCN(CCOCCOCCOCCOCI)CC4)CC3)n2)c2[nH]cc(C(=O)C(=O)N3CCC(=C(C#N)c4ccccc4)CC3)c12. The lowest BCUT2D eigenvalue weighted by Crippen LogP contribution is -2.49. The van der Waals surface area contributed by atoms with Crippen molar-refractivity contribution >= 4 is 56.7 Å². The molecule has 2 amide bonds. The number of rotatable bonds is 27. The number of H-pyrrole nitrogens is 1. The van der Waals surface area contributed by atoms with E-state index in [1.165, 1.54) is 41.8 Å². The fraction of sp³-hybridized carbons (Fsp3) is 0.571. The van der Waals surface area contributed by atoms with Crippen molar-refractivity contribution in [1.29, 1.82) is 5.26 Å². The zero-order valence-corrected chi connectivity index (χ0v) is 42.5. The Morgan fingerprint density at radius 3 is 1.94 bits per heavy atom. The number of ether oxygens (including phenoxy) is 5. The topological polar surface area (TPSA) is 209 Å². The Hall–Kier alpha value is -4.90. The molecule has 70 heavy (non-hydrogen) atoms. The minimum absolute atomic E-state index is 0.0148. The Morgan fingerprint density at radius 2 is 1.34 bits per heavy atom. The number of hydrogen-bond donors (Lipinski definition) is 2. The van der Waals surface area contributed by atoms with Gasteiger partial charge in [0.15, 0.2) is 5.82 Å². The van der Waals surface area contributed by atoms with Gasteiger partial charge in [0, 0.05) is 84.7 Å². The van der Waals surface area contributed by atoms with Crippen molar-refractivity contribution in [3.63, 3.8) is 0 Å². The molecule has 6 heterocycles. The zero-order valence-electron chi connectivity index (χ0n) is 40.3. The number of allylic oxidation sites excluding steroid dienone is 1. The van der Waals surface area contributed by atoms with Crippen molar-refractivity contribution in [2.75, 3.05) is 156 Å². The van der Waals surface area contributed by atoms with Crippen molar-refractivity contribution in [3.05, 3.63) is 71.6 Å². The maximum Gasteiger partial charge on any atom is 0.295 e. The van der Waals surface area contributed by atoms with E-state index >= 15 is 0 Å². The first-order chi connectivity index (χ1) is 34.4. The van der Waals surface area contributed by atoms with Crippen LogP contribution in [0.5, 0.6) is 5.75 Å². The van der Waals surface area contributed by atoms with E-state index in [9.17, 15) is 19.6 Å². The molecule has 21 heteroatoms. The van der Waals surface area contributed by atoms with Gasteiger partial charge in [-0.3, -0.25) is 19.3 Å². The summed E-state index contributed by atoms with van der Waals surface area (Å²) in [6.45, 7) is 18.0. The first kappa shape index (κ1) is 52.9. The van der Waals surface area contributed by atoms with E-state index in [0.29, 0.717) is 99.0 Å². The maximum absolute atomic E-state index is 13.8. The predicted octanol–water partition coefficient (Wildman–Crippen LogP) is 3.14. The Bertz CT molecular complexity index is 2350. The van der Waals surface area contributed by atoms with Crippen molar-refractivity contribution < 1.29 is 38.1 Å². The summed E-state index contributed by atoms with van der Waals surface area (Å²) in [5.74, 6) is -1.17. The van der Waals surface area contributed by atoms with Gasteiger partial charge in [-0.2, -0.15) is 9.94 Å². The van der Waals surface area contributed by atoms with Crippen LogP contribution in [0.15, 0.2) is 54.6 Å². The number of Topliss-reactive ketones (excluding diaryl/α,β-unsaturated/α-hetero) is 1. The molecule has 378 valence electrons. The summed E-state index contributed by atoms with van der Waals surface area (Å²) in [6.07, 6.45) is 7.27. The minimum atomic E-state index is -0.696. The first-order valence-electron chi connectivity index (χ1n) is 24.4. The van der Waals surface area contributed by atoms with Crippen LogP contribution in [0.25, 0.3) is 22.3 Å². The Morgan fingerprint density at radius 1 is 0.757 bits per heavy atom. The van der Waals surface area contributed by atoms with Gasteiger partial charge in [0.1, 0.15) is 12.1 Å². The number of piperazine rings is 2. The van der Waals surface area contributed by atoms with Gasteiger partial charge >= 0.3 is 0 Å². The van der Waals surface area contributed by atoms with E-state index in [-0.39, 0.29) is 17.2 Å². The fourth-order valence-corrected chi connectivity index (χ4v) is 9.32. The number of methoxy groups -OCH3 is 1. The van der Waals surface area contributed by atoms with Gasteiger partial charge in [-0.05, 0) is 56.5 Å². The van der Waals surface area contributed by atoms with Crippen LogP contribution in [-0.2, 0) is 23.7 Å². The number of carbonyl (C=O) groups is 3. The monoisotopic (exact) mass is 1080 g/mol.